The fourth-order valence-corrected chi connectivity index (χ4v) is 2.88. The van der Waals surface area contributed by atoms with Gasteiger partial charge >= 0.3 is 6.09 Å². The van der Waals surface area contributed by atoms with E-state index >= 15 is 0 Å². The van der Waals surface area contributed by atoms with E-state index in [1.54, 1.807) is 19.1 Å². The fraction of sp³-hybridized carbons (Fsp3) is 0.632. The van der Waals surface area contributed by atoms with Gasteiger partial charge in [0.25, 0.3) is 0 Å². The lowest BCUT2D eigenvalue weighted by Gasteiger charge is -2.45. The largest absolute Gasteiger partial charge is 0.444 e. The third kappa shape index (κ3) is 5.17. The Kier molecular flexibility index (Phi) is 6.43. The van der Waals surface area contributed by atoms with E-state index < -0.39 is 17.5 Å². The molecule has 1 aromatic rings. The molecule has 1 aromatic carbocycles. The highest BCUT2D eigenvalue weighted by Gasteiger charge is 2.46. The van der Waals surface area contributed by atoms with Crippen LogP contribution in [0.15, 0.2) is 30.3 Å². The van der Waals surface area contributed by atoms with Gasteiger partial charge in [-0.05, 0) is 26.3 Å². The Labute approximate surface area is 150 Å². The quantitative estimate of drug-likeness (QED) is 0.763. The number of hydrogen-bond acceptors (Lipinski definition) is 5. The molecule has 140 valence electrons. The van der Waals surface area contributed by atoms with Crippen LogP contribution < -0.4 is 0 Å². The summed E-state index contributed by atoms with van der Waals surface area (Å²) in [5.74, 6) is -0.868. The molecule has 1 heterocycles. The second-order valence-corrected chi connectivity index (χ2v) is 7.18. The van der Waals surface area contributed by atoms with Crippen molar-refractivity contribution in [3.63, 3.8) is 0 Å². The van der Waals surface area contributed by atoms with Gasteiger partial charge in [-0.15, -0.1) is 0 Å². The zero-order chi connectivity index (χ0) is 18.5. The van der Waals surface area contributed by atoms with Crippen molar-refractivity contribution in [1.82, 2.24) is 4.90 Å². The van der Waals surface area contributed by atoms with Crippen molar-refractivity contribution >= 4 is 6.09 Å². The molecule has 0 bridgehead atoms. The minimum Gasteiger partial charge on any atom is -0.444 e. The Bertz CT molecular complexity index is 551. The van der Waals surface area contributed by atoms with Crippen LogP contribution in [0.5, 0.6) is 0 Å². The van der Waals surface area contributed by atoms with Gasteiger partial charge in [0.1, 0.15) is 11.7 Å². The molecule has 1 aliphatic rings. The summed E-state index contributed by atoms with van der Waals surface area (Å²) < 4.78 is 22.8. The lowest BCUT2D eigenvalue weighted by Crippen LogP contribution is -2.60. The highest BCUT2D eigenvalue weighted by Crippen LogP contribution is 2.30. The van der Waals surface area contributed by atoms with Gasteiger partial charge in [-0.25, -0.2) is 4.79 Å². The second kappa shape index (κ2) is 8.17. The highest BCUT2D eigenvalue weighted by atomic mass is 16.7. The van der Waals surface area contributed by atoms with Gasteiger partial charge in [0, 0.05) is 27.2 Å². The van der Waals surface area contributed by atoms with Crippen molar-refractivity contribution in [1.29, 1.82) is 0 Å². The van der Waals surface area contributed by atoms with Crippen molar-refractivity contribution in [3.8, 4) is 0 Å². The zero-order valence-electron chi connectivity index (χ0n) is 15.8. The molecule has 1 aliphatic heterocycles. The van der Waals surface area contributed by atoms with Gasteiger partial charge in [-0.3, -0.25) is 0 Å². The molecule has 0 saturated carbocycles. The zero-order valence-corrected chi connectivity index (χ0v) is 15.8. The summed E-state index contributed by atoms with van der Waals surface area (Å²) in [6.07, 6.45) is -0.246. The van der Waals surface area contributed by atoms with E-state index in [0.29, 0.717) is 26.1 Å². The number of likely N-dealkylation sites (tertiary alicyclic amines) is 1. The van der Waals surface area contributed by atoms with E-state index in [0.717, 1.165) is 5.56 Å². The van der Waals surface area contributed by atoms with Crippen molar-refractivity contribution in [3.05, 3.63) is 35.9 Å². The first-order valence-electron chi connectivity index (χ1n) is 8.53. The molecular weight excluding hydrogens is 322 g/mol. The maximum atomic E-state index is 12.4. The highest BCUT2D eigenvalue weighted by molar-refractivity contribution is 5.68. The number of carbonyl (C=O) groups excluding carboxylic acids is 1. The van der Waals surface area contributed by atoms with Gasteiger partial charge in [0.05, 0.1) is 13.2 Å². The molecule has 0 N–H and O–H groups in total. The van der Waals surface area contributed by atoms with Crippen molar-refractivity contribution < 1.29 is 23.7 Å². The van der Waals surface area contributed by atoms with Gasteiger partial charge in [-0.2, -0.15) is 0 Å². The number of amides is 1. The van der Waals surface area contributed by atoms with Crippen LogP contribution in [0.4, 0.5) is 4.79 Å². The van der Waals surface area contributed by atoms with E-state index in [4.69, 9.17) is 18.9 Å². The average Bonchev–Trinajstić information content (AvgIpc) is 2.59. The van der Waals surface area contributed by atoms with E-state index in [2.05, 4.69) is 0 Å². The first-order valence-corrected chi connectivity index (χ1v) is 8.53. The molecule has 25 heavy (non-hydrogen) atoms. The Balaban J connectivity index is 2.08. The summed E-state index contributed by atoms with van der Waals surface area (Å²) in [5, 5.41) is 0. The van der Waals surface area contributed by atoms with Crippen LogP contribution in [0.3, 0.4) is 0 Å². The monoisotopic (exact) mass is 351 g/mol. The summed E-state index contributed by atoms with van der Waals surface area (Å²) in [6, 6.07) is 9.88. The Morgan fingerprint density at radius 1 is 1.20 bits per heavy atom. The van der Waals surface area contributed by atoms with Gasteiger partial charge in [0.2, 0.25) is 0 Å². The molecule has 6 nitrogen and oxygen atoms in total. The maximum absolute atomic E-state index is 12.4. The van der Waals surface area contributed by atoms with E-state index in [1.807, 2.05) is 51.1 Å². The minimum absolute atomic E-state index is 0.346. The number of piperidine rings is 1. The molecule has 0 aliphatic carbocycles. The van der Waals surface area contributed by atoms with Crippen molar-refractivity contribution in [2.45, 2.75) is 51.3 Å². The molecule has 1 amide bonds. The van der Waals surface area contributed by atoms with Gasteiger partial charge in [-0.1, -0.05) is 30.3 Å². The first-order chi connectivity index (χ1) is 11.8. The summed E-state index contributed by atoms with van der Waals surface area (Å²) in [4.78, 5) is 14.0. The summed E-state index contributed by atoms with van der Waals surface area (Å²) in [5.41, 5.74) is 0.520. The van der Waals surface area contributed by atoms with Crippen LogP contribution in [-0.4, -0.2) is 55.8 Å². The van der Waals surface area contributed by atoms with Crippen LogP contribution in [0, 0.1) is 0 Å². The number of rotatable bonds is 5. The number of nitrogens with zero attached hydrogens (tertiary/aromatic N) is 1. The average molecular weight is 351 g/mol. The molecule has 0 radical (unpaired) electrons. The Hall–Kier alpha value is -1.63. The summed E-state index contributed by atoms with van der Waals surface area (Å²) >= 11 is 0. The molecule has 6 heteroatoms. The van der Waals surface area contributed by atoms with Crippen LogP contribution in [0.2, 0.25) is 0 Å². The van der Waals surface area contributed by atoms with Crippen molar-refractivity contribution in [2.75, 3.05) is 27.3 Å². The summed E-state index contributed by atoms with van der Waals surface area (Å²) in [7, 11) is 3.21. The second-order valence-electron chi connectivity index (χ2n) is 7.18. The Morgan fingerprint density at radius 3 is 2.40 bits per heavy atom. The lowest BCUT2D eigenvalue weighted by atomic mass is 10.00. The van der Waals surface area contributed by atoms with Crippen LogP contribution in [0.1, 0.15) is 32.8 Å². The lowest BCUT2D eigenvalue weighted by molar-refractivity contribution is -0.289. The molecule has 0 aromatic heterocycles. The smallest absolute Gasteiger partial charge is 0.410 e. The molecule has 2 rings (SSSR count). The number of hydrogen-bond donors (Lipinski definition) is 0. The SMILES string of the molecule is COC1(OC)CCN(C(=O)OC(C)(C)C)C[C@H]1OCc1ccccc1. The topological polar surface area (TPSA) is 57.2 Å². The van der Waals surface area contributed by atoms with Gasteiger partial charge in [0.15, 0.2) is 5.79 Å². The molecule has 0 unspecified atom stereocenters. The van der Waals surface area contributed by atoms with Crippen LogP contribution in [-0.2, 0) is 25.6 Å². The third-order valence-corrected chi connectivity index (χ3v) is 4.24. The predicted octanol–water partition coefficient (Wildman–Crippen LogP) is 3.20. The third-order valence-electron chi connectivity index (χ3n) is 4.24. The van der Waals surface area contributed by atoms with Crippen LogP contribution in [0.25, 0.3) is 0 Å². The molecule has 0 spiro atoms. The van der Waals surface area contributed by atoms with Crippen LogP contribution >= 0.6 is 0 Å². The normalized spacial score (nSPS) is 20.4. The molecule has 1 atom stereocenters. The predicted molar refractivity (Wildman–Crippen MR) is 94.2 cm³/mol. The standard InChI is InChI=1S/C19H29NO5/c1-18(2,3)25-17(21)20-12-11-19(22-4,23-5)16(13-20)24-14-15-9-7-6-8-10-15/h6-10,16H,11-14H2,1-5H3/t16-/m1/s1. The number of benzene rings is 1. The van der Waals surface area contributed by atoms with E-state index in [1.165, 1.54) is 0 Å². The number of ether oxygens (including phenoxy) is 4. The maximum Gasteiger partial charge on any atom is 0.410 e. The Morgan fingerprint density at radius 2 is 1.84 bits per heavy atom. The van der Waals surface area contributed by atoms with Crippen molar-refractivity contribution in [2.24, 2.45) is 0 Å². The number of methoxy groups -OCH3 is 2. The summed E-state index contributed by atoms with van der Waals surface area (Å²) in [6.45, 7) is 6.82. The number of carbonyl (C=O) groups is 1. The molecule has 1 saturated heterocycles. The van der Waals surface area contributed by atoms with Gasteiger partial charge < -0.3 is 23.8 Å². The van der Waals surface area contributed by atoms with E-state index in [-0.39, 0.29) is 6.09 Å². The van der Waals surface area contributed by atoms with E-state index in [9.17, 15) is 4.79 Å². The fourth-order valence-electron chi connectivity index (χ4n) is 2.88. The minimum atomic E-state index is -0.868. The first kappa shape index (κ1) is 19.7. The molecule has 1 fully saturated rings. The molecular formula is C19H29NO5.